The fraction of sp³-hybridized carbons (Fsp3) is 0.0333. The normalized spacial score (nSPS) is 11.1. The number of nitrogens with zero attached hydrogens (tertiary/aromatic N) is 1. The first kappa shape index (κ1) is 21.6. The van der Waals surface area contributed by atoms with E-state index in [1.165, 1.54) is 0 Å². The molecule has 36 heavy (non-hydrogen) atoms. The van der Waals surface area contributed by atoms with Crippen LogP contribution in [-0.4, -0.2) is 10.9 Å². The highest BCUT2D eigenvalue weighted by Gasteiger charge is 2.14. The number of aromatic nitrogens is 1. The van der Waals surface area contributed by atoms with E-state index in [0.29, 0.717) is 39.4 Å². The molecular formula is C30H20N2O4. The fourth-order valence-corrected chi connectivity index (χ4v) is 4.17. The third-order valence-electron chi connectivity index (χ3n) is 6.10. The summed E-state index contributed by atoms with van der Waals surface area (Å²) in [4.78, 5) is 30.3. The maximum absolute atomic E-state index is 13.2. The molecule has 6 nitrogen and oxygen atoms in total. The number of amides is 1. The molecule has 6 heteroatoms. The Morgan fingerprint density at radius 2 is 1.58 bits per heavy atom. The fourth-order valence-electron chi connectivity index (χ4n) is 4.17. The predicted octanol–water partition coefficient (Wildman–Crippen LogP) is 6.83. The smallest absolute Gasteiger partial charge is 0.344 e. The molecule has 0 spiro atoms. The maximum atomic E-state index is 13.2. The molecule has 0 atom stereocenters. The Hall–Kier alpha value is -4.97. The number of rotatable bonds is 4. The Morgan fingerprint density at radius 3 is 2.44 bits per heavy atom. The van der Waals surface area contributed by atoms with Crippen molar-refractivity contribution in [3.05, 3.63) is 119 Å². The Morgan fingerprint density at radius 1 is 0.778 bits per heavy atom. The first-order valence-electron chi connectivity index (χ1n) is 11.5. The zero-order chi connectivity index (χ0) is 24.6. The molecule has 0 aliphatic heterocycles. The van der Waals surface area contributed by atoms with Gasteiger partial charge in [0.05, 0.1) is 5.56 Å². The summed E-state index contributed by atoms with van der Waals surface area (Å²) in [5.41, 5.74) is 5.28. The SMILES string of the molecule is Cc1ccc(-c2nc3ccccc3o2)cc1NC(=O)c1cccc(-c2cc3ccccc3oc2=O)c1. The molecule has 1 amide bonds. The molecule has 0 bridgehead atoms. The molecule has 0 fully saturated rings. The number of fused-ring (bicyclic) bond motifs is 2. The van der Waals surface area contributed by atoms with Gasteiger partial charge in [-0.1, -0.05) is 48.5 Å². The van der Waals surface area contributed by atoms with Gasteiger partial charge in [0.1, 0.15) is 11.1 Å². The van der Waals surface area contributed by atoms with E-state index in [-0.39, 0.29) is 5.91 Å². The van der Waals surface area contributed by atoms with E-state index in [1.807, 2.05) is 67.6 Å². The number of aryl methyl sites for hydroxylation is 1. The zero-order valence-corrected chi connectivity index (χ0v) is 19.3. The van der Waals surface area contributed by atoms with Crippen molar-refractivity contribution in [3.63, 3.8) is 0 Å². The highest BCUT2D eigenvalue weighted by Crippen LogP contribution is 2.29. The average Bonchev–Trinajstić information content (AvgIpc) is 3.34. The molecule has 0 saturated carbocycles. The van der Waals surface area contributed by atoms with E-state index in [0.717, 1.165) is 22.0 Å². The molecule has 4 aromatic carbocycles. The highest BCUT2D eigenvalue weighted by molar-refractivity contribution is 6.05. The molecule has 0 saturated heterocycles. The van der Waals surface area contributed by atoms with Crippen LogP contribution in [0.5, 0.6) is 0 Å². The van der Waals surface area contributed by atoms with Gasteiger partial charge in [0.2, 0.25) is 5.89 Å². The summed E-state index contributed by atoms with van der Waals surface area (Å²) in [6, 6.07) is 29.3. The van der Waals surface area contributed by atoms with E-state index in [9.17, 15) is 9.59 Å². The molecule has 2 heterocycles. The van der Waals surface area contributed by atoms with Crippen LogP contribution in [0.3, 0.4) is 0 Å². The summed E-state index contributed by atoms with van der Waals surface area (Å²) in [5.74, 6) is 0.191. The van der Waals surface area contributed by atoms with Gasteiger partial charge in [-0.15, -0.1) is 0 Å². The van der Waals surface area contributed by atoms with E-state index < -0.39 is 5.63 Å². The lowest BCUT2D eigenvalue weighted by molar-refractivity contribution is 0.102. The van der Waals surface area contributed by atoms with Crippen molar-refractivity contribution < 1.29 is 13.6 Å². The quantitative estimate of drug-likeness (QED) is 0.284. The summed E-state index contributed by atoms with van der Waals surface area (Å²) < 4.78 is 11.3. The summed E-state index contributed by atoms with van der Waals surface area (Å²) >= 11 is 0. The second kappa shape index (κ2) is 8.67. The van der Waals surface area contributed by atoms with E-state index >= 15 is 0 Å². The number of carbonyl (C=O) groups excluding carboxylic acids is 1. The molecule has 0 unspecified atom stereocenters. The van der Waals surface area contributed by atoms with Crippen molar-refractivity contribution in [1.82, 2.24) is 4.98 Å². The minimum atomic E-state index is -0.451. The summed E-state index contributed by atoms with van der Waals surface area (Å²) in [5, 5.41) is 3.80. The van der Waals surface area contributed by atoms with E-state index in [4.69, 9.17) is 8.83 Å². The van der Waals surface area contributed by atoms with Crippen LogP contribution < -0.4 is 10.9 Å². The van der Waals surface area contributed by atoms with Crippen molar-refractivity contribution >= 4 is 33.7 Å². The molecule has 0 aliphatic rings. The molecule has 174 valence electrons. The van der Waals surface area contributed by atoms with Crippen molar-refractivity contribution in [1.29, 1.82) is 0 Å². The number of oxazole rings is 1. The van der Waals surface area contributed by atoms with Gasteiger partial charge in [-0.05, 0) is 66.6 Å². The van der Waals surface area contributed by atoms with E-state index in [1.54, 1.807) is 36.4 Å². The van der Waals surface area contributed by atoms with Crippen LogP contribution in [0.15, 0.2) is 111 Å². The third kappa shape index (κ3) is 3.95. The Bertz CT molecular complexity index is 1800. The summed E-state index contributed by atoms with van der Waals surface area (Å²) in [7, 11) is 0. The average molecular weight is 473 g/mol. The van der Waals surface area contributed by atoms with Crippen molar-refractivity contribution in [2.24, 2.45) is 0 Å². The van der Waals surface area contributed by atoms with Crippen molar-refractivity contribution in [2.75, 3.05) is 5.32 Å². The van der Waals surface area contributed by atoms with Crippen LogP contribution in [0.2, 0.25) is 0 Å². The monoisotopic (exact) mass is 472 g/mol. The molecule has 6 aromatic rings. The van der Waals surface area contributed by atoms with Gasteiger partial charge in [0.25, 0.3) is 5.91 Å². The van der Waals surface area contributed by atoms with Gasteiger partial charge in [-0.2, -0.15) is 0 Å². The van der Waals surface area contributed by atoms with Gasteiger partial charge in [0.15, 0.2) is 5.58 Å². The predicted molar refractivity (Wildman–Crippen MR) is 140 cm³/mol. The van der Waals surface area contributed by atoms with Crippen LogP contribution in [0.25, 0.3) is 44.7 Å². The Kier molecular flexibility index (Phi) is 5.19. The van der Waals surface area contributed by atoms with Crippen LogP contribution in [0.4, 0.5) is 5.69 Å². The van der Waals surface area contributed by atoms with Crippen LogP contribution >= 0.6 is 0 Å². The van der Waals surface area contributed by atoms with Gasteiger partial charge in [0, 0.05) is 22.2 Å². The van der Waals surface area contributed by atoms with Crippen LogP contribution in [-0.2, 0) is 0 Å². The lowest BCUT2D eigenvalue weighted by atomic mass is 10.0. The second-order valence-electron chi connectivity index (χ2n) is 8.54. The molecule has 1 N–H and O–H groups in total. The largest absolute Gasteiger partial charge is 0.436 e. The van der Waals surface area contributed by atoms with Crippen molar-refractivity contribution in [3.8, 4) is 22.6 Å². The second-order valence-corrected chi connectivity index (χ2v) is 8.54. The maximum Gasteiger partial charge on any atom is 0.344 e. The van der Waals surface area contributed by atoms with E-state index in [2.05, 4.69) is 10.3 Å². The number of hydrogen-bond acceptors (Lipinski definition) is 5. The number of hydrogen-bond donors (Lipinski definition) is 1. The Labute approximate surface area is 205 Å². The highest BCUT2D eigenvalue weighted by atomic mass is 16.4. The molecule has 6 rings (SSSR count). The lowest BCUT2D eigenvalue weighted by Crippen LogP contribution is -2.13. The number of anilines is 1. The number of carbonyl (C=O) groups is 1. The van der Waals surface area contributed by atoms with Gasteiger partial charge >= 0.3 is 5.63 Å². The zero-order valence-electron chi connectivity index (χ0n) is 19.3. The number of nitrogens with one attached hydrogen (secondary N) is 1. The standard InChI is InChI=1S/C30H20N2O4/c1-18-13-14-22(29-32-24-10-3-5-12-27(24)35-29)17-25(18)31-28(33)21-9-6-8-19(15-21)23-16-20-7-2-4-11-26(20)36-30(23)34/h2-17H,1H3,(H,31,33). The van der Waals surface area contributed by atoms with Gasteiger partial charge in [-0.25, -0.2) is 9.78 Å². The summed E-state index contributed by atoms with van der Waals surface area (Å²) in [6.45, 7) is 1.92. The molecule has 0 aliphatic carbocycles. The topological polar surface area (TPSA) is 85.3 Å². The number of para-hydroxylation sites is 3. The third-order valence-corrected chi connectivity index (χ3v) is 6.10. The van der Waals surface area contributed by atoms with Gasteiger partial charge < -0.3 is 14.2 Å². The van der Waals surface area contributed by atoms with Crippen LogP contribution in [0.1, 0.15) is 15.9 Å². The first-order valence-corrected chi connectivity index (χ1v) is 11.5. The molecular weight excluding hydrogens is 452 g/mol. The van der Waals surface area contributed by atoms with Crippen LogP contribution in [0, 0.1) is 6.92 Å². The van der Waals surface area contributed by atoms with Crippen molar-refractivity contribution in [2.45, 2.75) is 6.92 Å². The molecule has 2 aromatic heterocycles. The minimum Gasteiger partial charge on any atom is -0.436 e. The van der Waals surface area contributed by atoms with Gasteiger partial charge in [-0.3, -0.25) is 4.79 Å². The minimum absolute atomic E-state index is 0.292. The molecule has 0 radical (unpaired) electrons. The summed E-state index contributed by atoms with van der Waals surface area (Å²) in [6.07, 6.45) is 0. The number of benzene rings is 4. The first-order chi connectivity index (χ1) is 17.5. The Balaban J connectivity index is 1.31. The lowest BCUT2D eigenvalue weighted by Gasteiger charge is -2.11.